The second kappa shape index (κ2) is 4.85. The van der Waals surface area contributed by atoms with Crippen LogP contribution in [0.4, 0.5) is 0 Å². The van der Waals surface area contributed by atoms with Crippen LogP contribution < -0.4 is 5.73 Å². The van der Waals surface area contributed by atoms with E-state index in [-0.39, 0.29) is 0 Å². The normalized spacial score (nSPS) is 10.6. The van der Waals surface area contributed by atoms with Crippen molar-refractivity contribution in [1.82, 2.24) is 9.88 Å². The van der Waals surface area contributed by atoms with E-state index in [4.69, 9.17) is 5.73 Å². The first kappa shape index (κ1) is 9.16. The van der Waals surface area contributed by atoms with Crippen molar-refractivity contribution >= 4 is 0 Å². The highest BCUT2D eigenvalue weighted by Gasteiger charge is 1.95. The highest BCUT2D eigenvalue weighted by molar-refractivity contribution is 5.09. The predicted octanol–water partition coefficient (Wildman–Crippen LogP) is 0.472. The fraction of sp³-hybridized carbons (Fsp3) is 0.444. The summed E-state index contributed by atoms with van der Waals surface area (Å²) >= 11 is 0. The summed E-state index contributed by atoms with van der Waals surface area (Å²) in [7, 11) is 2.02. The summed E-state index contributed by atoms with van der Waals surface area (Å²) < 4.78 is 0. The van der Waals surface area contributed by atoms with E-state index in [0.717, 1.165) is 13.0 Å². The quantitative estimate of drug-likeness (QED) is 0.659. The van der Waals surface area contributed by atoms with Gasteiger partial charge < -0.3 is 5.73 Å². The van der Waals surface area contributed by atoms with E-state index in [0.29, 0.717) is 6.67 Å². The Labute approximate surface area is 73.2 Å². The molecule has 2 N–H and O–H groups in total. The zero-order valence-electron chi connectivity index (χ0n) is 7.40. The maximum absolute atomic E-state index is 5.45. The molecule has 0 spiro atoms. The number of hydrogen-bond acceptors (Lipinski definition) is 3. The molecule has 0 atom stereocenters. The van der Waals surface area contributed by atoms with E-state index in [1.165, 1.54) is 5.56 Å². The van der Waals surface area contributed by atoms with Gasteiger partial charge in [-0.2, -0.15) is 0 Å². The van der Waals surface area contributed by atoms with Gasteiger partial charge >= 0.3 is 0 Å². The van der Waals surface area contributed by atoms with Crippen LogP contribution in [0.25, 0.3) is 0 Å². The van der Waals surface area contributed by atoms with Crippen molar-refractivity contribution in [2.24, 2.45) is 5.73 Å². The molecule has 1 heterocycles. The molecule has 1 rings (SSSR count). The number of nitrogens with zero attached hydrogens (tertiary/aromatic N) is 2. The Balaban J connectivity index is 2.33. The van der Waals surface area contributed by atoms with Crippen molar-refractivity contribution in [3.8, 4) is 0 Å². The number of hydrogen-bond donors (Lipinski definition) is 1. The summed E-state index contributed by atoms with van der Waals surface area (Å²) in [6.45, 7) is 1.62. The number of likely N-dealkylation sites (N-methyl/N-ethyl adjacent to an activating group) is 1. The zero-order chi connectivity index (χ0) is 8.81. The van der Waals surface area contributed by atoms with Gasteiger partial charge in [-0.3, -0.25) is 9.88 Å². The van der Waals surface area contributed by atoms with Crippen LogP contribution in [0.1, 0.15) is 5.56 Å². The van der Waals surface area contributed by atoms with Crippen molar-refractivity contribution in [2.45, 2.75) is 6.42 Å². The molecule has 0 unspecified atom stereocenters. The molecule has 12 heavy (non-hydrogen) atoms. The molecule has 0 radical (unpaired) electrons. The molecule has 0 aliphatic rings. The summed E-state index contributed by atoms with van der Waals surface area (Å²) in [5.74, 6) is 0. The molecule has 0 amide bonds. The minimum atomic E-state index is 0.616. The summed E-state index contributed by atoms with van der Waals surface area (Å²) in [5.41, 5.74) is 6.76. The van der Waals surface area contributed by atoms with Gasteiger partial charge in [0.2, 0.25) is 0 Å². The lowest BCUT2D eigenvalue weighted by molar-refractivity contribution is 0.349. The summed E-state index contributed by atoms with van der Waals surface area (Å²) in [6, 6.07) is 4.06. The van der Waals surface area contributed by atoms with Crippen molar-refractivity contribution in [1.29, 1.82) is 0 Å². The average Bonchev–Trinajstić information content (AvgIpc) is 2.16. The second-order valence-electron chi connectivity index (χ2n) is 2.87. The Kier molecular flexibility index (Phi) is 3.70. The number of aromatic nitrogens is 1. The minimum Gasteiger partial charge on any atom is -0.318 e. The van der Waals surface area contributed by atoms with Crippen LogP contribution in [-0.2, 0) is 6.42 Å². The van der Waals surface area contributed by atoms with E-state index in [9.17, 15) is 0 Å². The van der Waals surface area contributed by atoms with Gasteiger partial charge in [0.05, 0.1) is 0 Å². The van der Waals surface area contributed by atoms with Gasteiger partial charge in [-0.25, -0.2) is 0 Å². The molecule has 0 saturated heterocycles. The Morgan fingerprint density at radius 2 is 2.08 bits per heavy atom. The van der Waals surface area contributed by atoms with Crippen LogP contribution in [-0.4, -0.2) is 30.1 Å². The van der Waals surface area contributed by atoms with Crippen LogP contribution in [0, 0.1) is 0 Å². The van der Waals surface area contributed by atoms with E-state index in [2.05, 4.69) is 9.88 Å². The maximum Gasteiger partial charge on any atom is 0.0452 e. The van der Waals surface area contributed by atoms with Crippen LogP contribution in [0.3, 0.4) is 0 Å². The number of rotatable bonds is 4. The predicted molar refractivity (Wildman–Crippen MR) is 49.6 cm³/mol. The topological polar surface area (TPSA) is 42.1 Å². The minimum absolute atomic E-state index is 0.616. The Morgan fingerprint density at radius 1 is 1.42 bits per heavy atom. The Morgan fingerprint density at radius 3 is 2.67 bits per heavy atom. The molecule has 1 aromatic rings. The molecule has 0 aliphatic heterocycles. The lowest BCUT2D eigenvalue weighted by Crippen LogP contribution is -2.27. The van der Waals surface area contributed by atoms with Crippen molar-refractivity contribution in [2.75, 3.05) is 20.3 Å². The van der Waals surface area contributed by atoms with Crippen LogP contribution in [0.5, 0.6) is 0 Å². The highest BCUT2D eigenvalue weighted by Crippen LogP contribution is 1.97. The molecule has 1 aromatic heterocycles. The smallest absolute Gasteiger partial charge is 0.0452 e. The zero-order valence-corrected chi connectivity index (χ0v) is 7.40. The third-order valence-electron chi connectivity index (χ3n) is 1.84. The molecule has 66 valence electrons. The van der Waals surface area contributed by atoms with Crippen LogP contribution >= 0.6 is 0 Å². The van der Waals surface area contributed by atoms with Gasteiger partial charge in [0.25, 0.3) is 0 Å². The van der Waals surface area contributed by atoms with E-state index in [1.807, 2.05) is 31.6 Å². The van der Waals surface area contributed by atoms with E-state index in [1.54, 1.807) is 0 Å². The van der Waals surface area contributed by atoms with E-state index >= 15 is 0 Å². The lowest BCUT2D eigenvalue weighted by Gasteiger charge is -2.12. The standard InChI is InChI=1S/C9H15N3/c1-12(8-10)7-4-9-2-5-11-6-3-9/h2-3,5-6H,4,7-8,10H2,1H3. The highest BCUT2D eigenvalue weighted by atomic mass is 15.1. The summed E-state index contributed by atoms with van der Waals surface area (Å²) in [6.07, 6.45) is 4.67. The van der Waals surface area contributed by atoms with Gasteiger partial charge in [-0.05, 0) is 31.2 Å². The summed E-state index contributed by atoms with van der Waals surface area (Å²) in [4.78, 5) is 6.04. The fourth-order valence-corrected chi connectivity index (χ4v) is 0.961. The van der Waals surface area contributed by atoms with E-state index < -0.39 is 0 Å². The fourth-order valence-electron chi connectivity index (χ4n) is 0.961. The molecular weight excluding hydrogens is 150 g/mol. The second-order valence-corrected chi connectivity index (χ2v) is 2.87. The van der Waals surface area contributed by atoms with Gasteiger partial charge in [-0.1, -0.05) is 0 Å². The van der Waals surface area contributed by atoms with Gasteiger partial charge in [0.15, 0.2) is 0 Å². The van der Waals surface area contributed by atoms with Crippen molar-refractivity contribution in [3.05, 3.63) is 30.1 Å². The Hall–Kier alpha value is -0.930. The third-order valence-corrected chi connectivity index (χ3v) is 1.84. The monoisotopic (exact) mass is 165 g/mol. The number of nitrogens with two attached hydrogens (primary N) is 1. The van der Waals surface area contributed by atoms with Gasteiger partial charge in [-0.15, -0.1) is 0 Å². The molecular formula is C9H15N3. The van der Waals surface area contributed by atoms with Gasteiger partial charge in [0.1, 0.15) is 0 Å². The van der Waals surface area contributed by atoms with Gasteiger partial charge in [0, 0.05) is 25.6 Å². The summed E-state index contributed by atoms with van der Waals surface area (Å²) in [5, 5.41) is 0. The first-order chi connectivity index (χ1) is 5.83. The maximum atomic E-state index is 5.45. The van der Waals surface area contributed by atoms with Crippen molar-refractivity contribution in [3.63, 3.8) is 0 Å². The largest absolute Gasteiger partial charge is 0.318 e. The van der Waals surface area contributed by atoms with Crippen LogP contribution in [0.15, 0.2) is 24.5 Å². The van der Waals surface area contributed by atoms with Crippen LogP contribution in [0.2, 0.25) is 0 Å². The molecule has 0 aromatic carbocycles. The first-order valence-electron chi connectivity index (χ1n) is 4.10. The average molecular weight is 165 g/mol. The molecule has 3 heteroatoms. The first-order valence-corrected chi connectivity index (χ1v) is 4.10. The molecule has 3 nitrogen and oxygen atoms in total. The Bertz CT molecular complexity index is 210. The molecule has 0 fully saturated rings. The lowest BCUT2D eigenvalue weighted by atomic mass is 10.2. The SMILES string of the molecule is CN(CN)CCc1ccncc1. The molecule has 0 bridgehead atoms. The van der Waals surface area contributed by atoms with Crippen molar-refractivity contribution < 1.29 is 0 Å². The number of pyridine rings is 1. The molecule has 0 saturated carbocycles. The third kappa shape index (κ3) is 2.98. The molecule has 0 aliphatic carbocycles.